The Labute approximate surface area is 147 Å². The summed E-state index contributed by atoms with van der Waals surface area (Å²) in [5.41, 5.74) is 0.987. The number of rotatable bonds is 5. The summed E-state index contributed by atoms with van der Waals surface area (Å²) in [7, 11) is -1.94. The van der Waals surface area contributed by atoms with E-state index >= 15 is 0 Å². The quantitative estimate of drug-likeness (QED) is 0.886. The van der Waals surface area contributed by atoms with E-state index in [9.17, 15) is 12.8 Å². The number of nitrogens with zero attached hydrogens (tertiary/aromatic N) is 1. The van der Waals surface area contributed by atoms with Crippen LogP contribution >= 0.6 is 0 Å². The van der Waals surface area contributed by atoms with Gasteiger partial charge in [0.15, 0.2) is 0 Å². The lowest BCUT2D eigenvalue weighted by Gasteiger charge is -2.32. The number of benzene rings is 2. The lowest BCUT2D eigenvalue weighted by molar-refractivity contribution is 0.329. The van der Waals surface area contributed by atoms with Gasteiger partial charge in [-0.15, -0.1) is 0 Å². The van der Waals surface area contributed by atoms with Crippen LogP contribution in [0, 0.1) is 5.82 Å². The molecule has 1 saturated heterocycles. The molecule has 0 saturated carbocycles. The van der Waals surface area contributed by atoms with Gasteiger partial charge in [-0.05, 0) is 61.4 Å². The minimum absolute atomic E-state index is 0.135. The zero-order valence-electron chi connectivity index (χ0n) is 14.0. The van der Waals surface area contributed by atoms with Crippen LogP contribution in [0.3, 0.4) is 0 Å². The van der Waals surface area contributed by atoms with Gasteiger partial charge in [0, 0.05) is 24.8 Å². The Hall–Kier alpha value is -2.12. The van der Waals surface area contributed by atoms with Crippen molar-refractivity contribution in [2.45, 2.75) is 23.8 Å². The van der Waals surface area contributed by atoms with Crippen LogP contribution in [0.1, 0.15) is 12.8 Å². The second kappa shape index (κ2) is 7.41. The standard InChI is InChI=1S/C18H21FN2O3S/c1-24-17-6-4-15(5-7-17)20-16-10-12-21(13-11-16)25(22,23)18-8-2-14(19)3-9-18/h2-9,16,20H,10-13H2,1H3. The summed E-state index contributed by atoms with van der Waals surface area (Å²) in [6, 6.07) is 12.8. The van der Waals surface area contributed by atoms with Crippen LogP contribution in [0.2, 0.25) is 0 Å². The third kappa shape index (κ3) is 4.11. The molecule has 0 unspecified atom stereocenters. The summed E-state index contributed by atoms with van der Waals surface area (Å²) < 4.78 is 44.8. The number of sulfonamides is 1. The van der Waals surface area contributed by atoms with Crippen molar-refractivity contribution in [2.24, 2.45) is 0 Å². The topological polar surface area (TPSA) is 58.6 Å². The average Bonchev–Trinajstić information content (AvgIpc) is 2.63. The van der Waals surface area contributed by atoms with Crippen molar-refractivity contribution in [3.8, 4) is 5.75 Å². The minimum Gasteiger partial charge on any atom is -0.497 e. The molecule has 0 aliphatic carbocycles. The van der Waals surface area contributed by atoms with Gasteiger partial charge in [-0.2, -0.15) is 4.31 Å². The molecule has 2 aromatic rings. The molecule has 134 valence electrons. The van der Waals surface area contributed by atoms with Crippen LogP contribution in [0.4, 0.5) is 10.1 Å². The fourth-order valence-corrected chi connectivity index (χ4v) is 4.39. The molecule has 1 N–H and O–H groups in total. The van der Waals surface area contributed by atoms with Crippen LogP contribution in [0.15, 0.2) is 53.4 Å². The summed E-state index contributed by atoms with van der Waals surface area (Å²) in [6.45, 7) is 0.876. The number of hydrogen-bond donors (Lipinski definition) is 1. The number of hydrogen-bond acceptors (Lipinski definition) is 4. The van der Waals surface area contributed by atoms with Gasteiger partial charge in [-0.3, -0.25) is 0 Å². The van der Waals surface area contributed by atoms with Gasteiger partial charge >= 0.3 is 0 Å². The second-order valence-corrected chi connectivity index (χ2v) is 7.94. The Bertz CT molecular complexity index is 799. The number of methoxy groups -OCH3 is 1. The van der Waals surface area contributed by atoms with Crippen LogP contribution < -0.4 is 10.1 Å². The highest BCUT2D eigenvalue weighted by atomic mass is 32.2. The van der Waals surface area contributed by atoms with Crippen LogP contribution in [-0.2, 0) is 10.0 Å². The largest absolute Gasteiger partial charge is 0.497 e. The molecule has 1 aliphatic heterocycles. The first-order valence-corrected chi connectivity index (χ1v) is 9.59. The summed E-state index contributed by atoms with van der Waals surface area (Å²) in [5.74, 6) is 0.354. The van der Waals surface area contributed by atoms with E-state index in [1.165, 1.54) is 28.6 Å². The zero-order chi connectivity index (χ0) is 17.9. The normalized spacial score (nSPS) is 16.6. The van der Waals surface area contributed by atoms with E-state index in [4.69, 9.17) is 4.74 Å². The van der Waals surface area contributed by atoms with Crippen molar-refractivity contribution in [3.05, 3.63) is 54.3 Å². The molecule has 0 bridgehead atoms. The van der Waals surface area contributed by atoms with E-state index in [-0.39, 0.29) is 10.9 Å². The first kappa shape index (κ1) is 17.7. The lowest BCUT2D eigenvalue weighted by Crippen LogP contribution is -2.42. The number of halogens is 1. The summed E-state index contributed by atoms with van der Waals surface area (Å²) in [4.78, 5) is 0.135. The molecule has 0 radical (unpaired) electrons. The molecule has 5 nitrogen and oxygen atoms in total. The van der Waals surface area contributed by atoms with Crippen LogP contribution in [-0.4, -0.2) is 39.0 Å². The van der Waals surface area contributed by atoms with Crippen molar-refractivity contribution in [3.63, 3.8) is 0 Å². The predicted octanol–water partition coefficient (Wildman–Crippen LogP) is 3.10. The molecular formula is C18H21FN2O3S. The SMILES string of the molecule is COc1ccc(NC2CCN(S(=O)(=O)c3ccc(F)cc3)CC2)cc1. The second-order valence-electron chi connectivity index (χ2n) is 6.01. The Morgan fingerprint density at radius 2 is 1.64 bits per heavy atom. The molecule has 7 heteroatoms. The number of anilines is 1. The van der Waals surface area contributed by atoms with Crippen LogP contribution in [0.25, 0.3) is 0 Å². The van der Waals surface area contributed by atoms with E-state index in [1.54, 1.807) is 7.11 Å². The Balaban J connectivity index is 1.60. The molecule has 1 heterocycles. The fraction of sp³-hybridized carbons (Fsp3) is 0.333. The Morgan fingerprint density at radius 3 is 2.20 bits per heavy atom. The smallest absolute Gasteiger partial charge is 0.243 e. The monoisotopic (exact) mass is 364 g/mol. The van der Waals surface area contributed by atoms with E-state index < -0.39 is 15.8 Å². The van der Waals surface area contributed by atoms with Crippen molar-refractivity contribution < 1.29 is 17.5 Å². The molecule has 3 rings (SSSR count). The maximum atomic E-state index is 13.0. The van der Waals surface area contributed by atoms with E-state index in [0.29, 0.717) is 25.9 Å². The maximum Gasteiger partial charge on any atom is 0.243 e. The number of ether oxygens (including phenoxy) is 1. The molecule has 25 heavy (non-hydrogen) atoms. The van der Waals surface area contributed by atoms with E-state index in [2.05, 4.69) is 5.32 Å². The third-order valence-electron chi connectivity index (χ3n) is 4.37. The van der Waals surface area contributed by atoms with Gasteiger partial charge in [0.05, 0.1) is 12.0 Å². The first-order valence-electron chi connectivity index (χ1n) is 8.15. The number of nitrogens with one attached hydrogen (secondary N) is 1. The van der Waals surface area contributed by atoms with Gasteiger partial charge < -0.3 is 10.1 Å². The maximum absolute atomic E-state index is 13.0. The molecule has 0 amide bonds. The molecule has 1 aliphatic rings. The summed E-state index contributed by atoms with van der Waals surface area (Å²) in [5, 5.41) is 3.42. The van der Waals surface area contributed by atoms with Crippen molar-refractivity contribution in [2.75, 3.05) is 25.5 Å². The highest BCUT2D eigenvalue weighted by molar-refractivity contribution is 7.89. The van der Waals surface area contributed by atoms with Crippen molar-refractivity contribution in [1.29, 1.82) is 0 Å². The summed E-state index contributed by atoms with van der Waals surface area (Å²) in [6.07, 6.45) is 1.43. The molecule has 0 spiro atoms. The third-order valence-corrected chi connectivity index (χ3v) is 6.28. The Kier molecular flexibility index (Phi) is 5.24. The van der Waals surface area contributed by atoms with Crippen molar-refractivity contribution in [1.82, 2.24) is 4.31 Å². The van der Waals surface area contributed by atoms with Crippen molar-refractivity contribution >= 4 is 15.7 Å². The molecular weight excluding hydrogens is 343 g/mol. The Morgan fingerprint density at radius 1 is 1.04 bits per heavy atom. The van der Waals surface area contributed by atoms with Gasteiger partial charge in [-0.1, -0.05) is 0 Å². The molecule has 2 aromatic carbocycles. The van der Waals surface area contributed by atoms with E-state index in [0.717, 1.165) is 11.4 Å². The predicted molar refractivity (Wildman–Crippen MR) is 94.8 cm³/mol. The first-order chi connectivity index (χ1) is 12.0. The van der Waals surface area contributed by atoms with E-state index in [1.807, 2.05) is 24.3 Å². The van der Waals surface area contributed by atoms with Gasteiger partial charge in [0.2, 0.25) is 10.0 Å². The molecule has 0 aromatic heterocycles. The van der Waals surface area contributed by atoms with Gasteiger partial charge in [-0.25, -0.2) is 12.8 Å². The zero-order valence-corrected chi connectivity index (χ0v) is 14.8. The highest BCUT2D eigenvalue weighted by Crippen LogP contribution is 2.23. The molecule has 0 atom stereocenters. The van der Waals surface area contributed by atoms with Crippen LogP contribution in [0.5, 0.6) is 5.75 Å². The minimum atomic E-state index is -3.56. The molecule has 1 fully saturated rings. The lowest BCUT2D eigenvalue weighted by atomic mass is 10.1. The highest BCUT2D eigenvalue weighted by Gasteiger charge is 2.29. The van der Waals surface area contributed by atoms with Gasteiger partial charge in [0.1, 0.15) is 11.6 Å². The average molecular weight is 364 g/mol. The fourth-order valence-electron chi connectivity index (χ4n) is 2.92. The summed E-state index contributed by atoms with van der Waals surface area (Å²) >= 11 is 0. The van der Waals surface area contributed by atoms with Gasteiger partial charge in [0.25, 0.3) is 0 Å². The number of piperidine rings is 1.